The molecule has 0 fully saturated rings. The maximum Gasteiger partial charge on any atom is 0.326 e. The van der Waals surface area contributed by atoms with E-state index in [0.29, 0.717) is 11.4 Å². The number of anilines is 1. The smallest absolute Gasteiger partial charge is 0.326 e. The Morgan fingerprint density at radius 3 is 2.11 bits per heavy atom. The van der Waals surface area contributed by atoms with Gasteiger partial charge in [0.05, 0.1) is 18.2 Å². The Morgan fingerprint density at radius 1 is 1.00 bits per heavy atom. The highest BCUT2D eigenvalue weighted by Gasteiger charge is 2.37. The molecular weight excluding hydrogens is 364 g/mol. The number of methoxy groups -OCH3 is 1. The molecule has 3 amide bonds. The minimum Gasteiger partial charge on any atom is -0.497 e. The molecule has 8 heteroatoms. The molecule has 0 saturated heterocycles. The van der Waals surface area contributed by atoms with E-state index in [-0.39, 0.29) is 11.1 Å². The minimum atomic E-state index is -1.11. The lowest BCUT2D eigenvalue weighted by atomic mass is 10.1. The van der Waals surface area contributed by atoms with Gasteiger partial charge in [0.1, 0.15) is 12.3 Å². The van der Waals surface area contributed by atoms with Crippen molar-refractivity contribution in [2.24, 2.45) is 0 Å². The first-order valence-electron chi connectivity index (χ1n) is 8.50. The predicted octanol–water partition coefficient (Wildman–Crippen LogP) is 1.86. The quantitative estimate of drug-likeness (QED) is 0.604. The molecule has 1 aliphatic rings. The van der Waals surface area contributed by atoms with Crippen LogP contribution in [0.15, 0.2) is 48.5 Å². The van der Waals surface area contributed by atoms with Crippen molar-refractivity contribution in [1.82, 2.24) is 4.90 Å². The highest BCUT2D eigenvalue weighted by molar-refractivity contribution is 6.22. The van der Waals surface area contributed by atoms with Crippen molar-refractivity contribution in [2.45, 2.75) is 13.0 Å². The lowest BCUT2D eigenvalue weighted by molar-refractivity contribution is -0.153. The van der Waals surface area contributed by atoms with Crippen LogP contribution in [0.3, 0.4) is 0 Å². The molecule has 3 rings (SSSR count). The van der Waals surface area contributed by atoms with Gasteiger partial charge in [0.2, 0.25) is 0 Å². The molecule has 2 aromatic rings. The Hall–Kier alpha value is -3.68. The molecule has 28 heavy (non-hydrogen) atoms. The third-order valence-corrected chi connectivity index (χ3v) is 4.20. The van der Waals surface area contributed by atoms with E-state index in [1.165, 1.54) is 26.2 Å². The molecule has 0 aliphatic carbocycles. The van der Waals surface area contributed by atoms with Crippen LogP contribution in [-0.4, -0.2) is 48.3 Å². The van der Waals surface area contributed by atoms with Crippen LogP contribution < -0.4 is 10.1 Å². The van der Waals surface area contributed by atoms with Crippen LogP contribution in [0.4, 0.5) is 5.69 Å². The first kappa shape index (κ1) is 19.1. The van der Waals surface area contributed by atoms with E-state index in [1.54, 1.807) is 36.4 Å². The fourth-order valence-corrected chi connectivity index (χ4v) is 2.72. The van der Waals surface area contributed by atoms with Gasteiger partial charge in [-0.2, -0.15) is 0 Å². The largest absolute Gasteiger partial charge is 0.497 e. The van der Waals surface area contributed by atoms with Gasteiger partial charge in [-0.3, -0.25) is 24.1 Å². The third-order valence-electron chi connectivity index (χ3n) is 4.20. The SMILES string of the molecule is COc1ccc(NC(=O)[C@@H](C)OC(=O)CN2C(=O)c3ccccc3C2=O)cc1. The molecule has 1 N–H and O–H groups in total. The zero-order valence-electron chi connectivity index (χ0n) is 15.3. The summed E-state index contributed by atoms with van der Waals surface area (Å²) in [6.07, 6.45) is -1.11. The normalized spacial score (nSPS) is 13.7. The number of hydrogen-bond acceptors (Lipinski definition) is 6. The molecule has 0 saturated carbocycles. The second-order valence-electron chi connectivity index (χ2n) is 6.09. The first-order valence-corrected chi connectivity index (χ1v) is 8.50. The molecule has 2 aromatic carbocycles. The highest BCUT2D eigenvalue weighted by Crippen LogP contribution is 2.22. The monoisotopic (exact) mass is 382 g/mol. The number of fused-ring (bicyclic) bond motifs is 1. The van der Waals surface area contributed by atoms with Crippen molar-refractivity contribution < 1.29 is 28.7 Å². The van der Waals surface area contributed by atoms with E-state index in [9.17, 15) is 19.2 Å². The molecule has 0 spiro atoms. The maximum absolute atomic E-state index is 12.3. The number of benzene rings is 2. The zero-order chi connectivity index (χ0) is 20.3. The van der Waals surface area contributed by atoms with Gasteiger partial charge in [-0.1, -0.05) is 12.1 Å². The number of nitrogens with one attached hydrogen (secondary N) is 1. The lowest BCUT2D eigenvalue weighted by Crippen LogP contribution is -2.38. The Morgan fingerprint density at radius 2 is 1.57 bits per heavy atom. The number of esters is 1. The molecule has 1 atom stereocenters. The standard InChI is InChI=1S/C20H18N2O6/c1-12(18(24)21-13-7-9-14(27-2)10-8-13)28-17(23)11-22-19(25)15-5-3-4-6-16(15)20(22)26/h3-10,12H,11H2,1-2H3,(H,21,24)/t12-/m1/s1. The van der Waals surface area contributed by atoms with Crippen molar-refractivity contribution in [3.63, 3.8) is 0 Å². The van der Waals surface area contributed by atoms with Crippen molar-refractivity contribution >= 4 is 29.4 Å². The van der Waals surface area contributed by atoms with Crippen molar-refractivity contribution in [2.75, 3.05) is 19.0 Å². The molecule has 8 nitrogen and oxygen atoms in total. The number of imide groups is 1. The Bertz CT molecular complexity index is 903. The fraction of sp³-hybridized carbons (Fsp3) is 0.200. The summed E-state index contributed by atoms with van der Waals surface area (Å²) in [5.74, 6) is -1.88. The van der Waals surface area contributed by atoms with Crippen LogP contribution in [0.25, 0.3) is 0 Å². The average Bonchev–Trinajstić information content (AvgIpc) is 2.93. The van der Waals surface area contributed by atoms with Gasteiger partial charge in [-0.25, -0.2) is 0 Å². The summed E-state index contributed by atoms with van der Waals surface area (Å²) < 4.78 is 10.1. The number of amides is 3. The van der Waals surface area contributed by atoms with Gasteiger partial charge in [0, 0.05) is 5.69 Å². The molecular formula is C20H18N2O6. The lowest BCUT2D eigenvalue weighted by Gasteiger charge is -2.16. The molecule has 1 heterocycles. The van der Waals surface area contributed by atoms with Crippen LogP contribution in [0, 0.1) is 0 Å². The van der Waals surface area contributed by atoms with Crippen LogP contribution in [0.1, 0.15) is 27.6 Å². The van der Waals surface area contributed by atoms with Crippen LogP contribution in [0.2, 0.25) is 0 Å². The second-order valence-corrected chi connectivity index (χ2v) is 6.09. The average molecular weight is 382 g/mol. The van der Waals surface area contributed by atoms with E-state index in [2.05, 4.69) is 5.32 Å². The maximum atomic E-state index is 12.3. The fourth-order valence-electron chi connectivity index (χ4n) is 2.72. The Labute approximate surface area is 161 Å². The van der Waals surface area contributed by atoms with Crippen molar-refractivity contribution in [3.8, 4) is 5.75 Å². The molecule has 0 unspecified atom stereocenters. The van der Waals surface area contributed by atoms with Gasteiger partial charge >= 0.3 is 5.97 Å². The molecule has 144 valence electrons. The number of carbonyl (C=O) groups is 4. The minimum absolute atomic E-state index is 0.241. The zero-order valence-corrected chi connectivity index (χ0v) is 15.3. The summed E-state index contributed by atoms with van der Waals surface area (Å²) in [6, 6.07) is 12.9. The summed E-state index contributed by atoms with van der Waals surface area (Å²) in [4.78, 5) is 49.6. The topological polar surface area (TPSA) is 102 Å². The summed E-state index contributed by atoms with van der Waals surface area (Å²) >= 11 is 0. The van der Waals surface area contributed by atoms with Crippen molar-refractivity contribution in [1.29, 1.82) is 0 Å². The number of hydrogen-bond donors (Lipinski definition) is 1. The summed E-state index contributed by atoms with van der Waals surface area (Å²) in [6.45, 7) is 0.839. The molecule has 0 radical (unpaired) electrons. The summed E-state index contributed by atoms with van der Waals surface area (Å²) in [7, 11) is 1.53. The highest BCUT2D eigenvalue weighted by atomic mass is 16.5. The first-order chi connectivity index (χ1) is 13.4. The predicted molar refractivity (Wildman–Crippen MR) is 99.0 cm³/mol. The number of ether oxygens (including phenoxy) is 2. The Balaban J connectivity index is 1.56. The van der Waals surface area contributed by atoms with Crippen molar-refractivity contribution in [3.05, 3.63) is 59.7 Å². The Kier molecular flexibility index (Phi) is 5.39. The second kappa shape index (κ2) is 7.91. The van der Waals surface area contributed by atoms with E-state index < -0.39 is 36.3 Å². The third kappa shape index (κ3) is 3.85. The van der Waals surface area contributed by atoms with Crippen LogP contribution in [0.5, 0.6) is 5.75 Å². The number of rotatable bonds is 6. The van der Waals surface area contributed by atoms with Crippen LogP contribution >= 0.6 is 0 Å². The summed E-state index contributed by atoms with van der Waals surface area (Å²) in [5.41, 5.74) is 0.991. The van der Waals surface area contributed by atoms with E-state index >= 15 is 0 Å². The number of carbonyl (C=O) groups excluding carboxylic acids is 4. The van der Waals surface area contributed by atoms with E-state index in [1.807, 2.05) is 0 Å². The van der Waals surface area contributed by atoms with Gasteiger partial charge < -0.3 is 14.8 Å². The van der Waals surface area contributed by atoms with Gasteiger partial charge in [-0.15, -0.1) is 0 Å². The van der Waals surface area contributed by atoms with Crippen LogP contribution in [-0.2, 0) is 14.3 Å². The number of nitrogens with zero attached hydrogens (tertiary/aromatic N) is 1. The molecule has 0 aromatic heterocycles. The van der Waals surface area contributed by atoms with E-state index in [0.717, 1.165) is 4.90 Å². The molecule has 0 bridgehead atoms. The van der Waals surface area contributed by atoms with E-state index in [4.69, 9.17) is 9.47 Å². The van der Waals surface area contributed by atoms with Gasteiger partial charge in [-0.05, 0) is 43.3 Å². The molecule has 1 aliphatic heterocycles. The summed E-state index contributed by atoms with van der Waals surface area (Å²) in [5, 5.41) is 2.60. The van der Waals surface area contributed by atoms with Gasteiger partial charge in [0.15, 0.2) is 6.10 Å². The van der Waals surface area contributed by atoms with Gasteiger partial charge in [0.25, 0.3) is 17.7 Å².